The van der Waals surface area contributed by atoms with Gasteiger partial charge >= 0.3 is 0 Å². The van der Waals surface area contributed by atoms with Gasteiger partial charge in [-0.3, -0.25) is 4.79 Å². The first-order valence-corrected chi connectivity index (χ1v) is 6.77. The van der Waals surface area contributed by atoms with Crippen LogP contribution in [0.4, 0.5) is 0 Å². The molecule has 2 aromatic rings. The molecule has 0 fully saturated rings. The van der Waals surface area contributed by atoms with E-state index in [1.165, 1.54) is 5.56 Å². The quantitative estimate of drug-likeness (QED) is 0.846. The number of rotatable bonds is 6. The van der Waals surface area contributed by atoms with Crippen molar-refractivity contribution >= 4 is 5.91 Å². The Hall–Kier alpha value is -2.13. The summed E-state index contributed by atoms with van der Waals surface area (Å²) in [6, 6.07) is 17.6. The van der Waals surface area contributed by atoms with Crippen molar-refractivity contribution < 1.29 is 9.90 Å². The van der Waals surface area contributed by atoms with Gasteiger partial charge in [0.25, 0.3) is 0 Å². The molecule has 0 unspecified atom stereocenters. The zero-order chi connectivity index (χ0) is 14.2. The van der Waals surface area contributed by atoms with Gasteiger partial charge in [0.15, 0.2) is 0 Å². The molecule has 3 heteroatoms. The van der Waals surface area contributed by atoms with Crippen LogP contribution < -0.4 is 5.32 Å². The molecule has 104 valence electrons. The first-order chi connectivity index (χ1) is 9.78. The van der Waals surface area contributed by atoms with E-state index < -0.39 is 0 Å². The van der Waals surface area contributed by atoms with Gasteiger partial charge in [-0.15, -0.1) is 0 Å². The highest BCUT2D eigenvalue weighted by Crippen LogP contribution is 2.06. The topological polar surface area (TPSA) is 49.3 Å². The fourth-order valence-electron chi connectivity index (χ4n) is 2.03. The SMILES string of the molecule is O=C(CCc1ccccc1)NCc1cccc(CO)c1. The summed E-state index contributed by atoms with van der Waals surface area (Å²) in [7, 11) is 0. The number of nitrogens with one attached hydrogen (secondary N) is 1. The van der Waals surface area contributed by atoms with Crippen LogP contribution in [0.2, 0.25) is 0 Å². The zero-order valence-electron chi connectivity index (χ0n) is 11.4. The molecule has 0 aromatic heterocycles. The molecule has 0 saturated carbocycles. The predicted molar refractivity (Wildman–Crippen MR) is 79.0 cm³/mol. The van der Waals surface area contributed by atoms with Crippen LogP contribution in [-0.2, 0) is 24.4 Å². The summed E-state index contributed by atoms with van der Waals surface area (Å²) in [6.07, 6.45) is 1.24. The molecule has 2 aromatic carbocycles. The van der Waals surface area contributed by atoms with E-state index in [-0.39, 0.29) is 12.5 Å². The van der Waals surface area contributed by atoms with E-state index in [9.17, 15) is 4.79 Å². The second kappa shape index (κ2) is 7.46. The van der Waals surface area contributed by atoms with Crippen LogP contribution in [0.3, 0.4) is 0 Å². The van der Waals surface area contributed by atoms with Gasteiger partial charge < -0.3 is 10.4 Å². The molecule has 0 spiro atoms. The standard InChI is InChI=1S/C17H19NO2/c19-13-16-8-4-7-15(11-16)12-18-17(20)10-9-14-5-2-1-3-6-14/h1-8,11,19H,9-10,12-13H2,(H,18,20). The Balaban J connectivity index is 1.77. The smallest absolute Gasteiger partial charge is 0.220 e. The van der Waals surface area contributed by atoms with Gasteiger partial charge in [0, 0.05) is 13.0 Å². The van der Waals surface area contributed by atoms with Crippen molar-refractivity contribution in [2.45, 2.75) is 26.0 Å². The van der Waals surface area contributed by atoms with Crippen LogP contribution in [0.25, 0.3) is 0 Å². The maximum Gasteiger partial charge on any atom is 0.220 e. The van der Waals surface area contributed by atoms with E-state index in [4.69, 9.17) is 5.11 Å². The summed E-state index contributed by atoms with van der Waals surface area (Å²) in [5.74, 6) is 0.0447. The van der Waals surface area contributed by atoms with Crippen LogP contribution >= 0.6 is 0 Å². The monoisotopic (exact) mass is 269 g/mol. The molecule has 0 saturated heterocycles. The molecule has 20 heavy (non-hydrogen) atoms. The second-order valence-electron chi connectivity index (χ2n) is 4.74. The van der Waals surface area contributed by atoms with E-state index in [1.54, 1.807) is 0 Å². The molecule has 1 amide bonds. The second-order valence-corrected chi connectivity index (χ2v) is 4.74. The van der Waals surface area contributed by atoms with E-state index >= 15 is 0 Å². The Kier molecular flexibility index (Phi) is 5.33. The molecule has 0 aliphatic heterocycles. The summed E-state index contributed by atoms with van der Waals surface area (Å²) < 4.78 is 0. The van der Waals surface area contributed by atoms with Crippen molar-refractivity contribution in [3.05, 3.63) is 71.3 Å². The van der Waals surface area contributed by atoms with Crippen molar-refractivity contribution in [1.29, 1.82) is 0 Å². The van der Waals surface area contributed by atoms with Crippen LogP contribution in [0, 0.1) is 0 Å². The van der Waals surface area contributed by atoms with E-state index in [1.807, 2.05) is 54.6 Å². The number of hydrogen-bond donors (Lipinski definition) is 2. The molecular weight excluding hydrogens is 250 g/mol. The van der Waals surface area contributed by atoms with Crippen LogP contribution in [0.5, 0.6) is 0 Å². The third-order valence-corrected chi connectivity index (χ3v) is 3.15. The first-order valence-electron chi connectivity index (χ1n) is 6.77. The minimum absolute atomic E-state index is 0.0236. The lowest BCUT2D eigenvalue weighted by Gasteiger charge is -2.06. The molecule has 0 bridgehead atoms. The Morgan fingerprint density at radius 3 is 2.40 bits per heavy atom. The van der Waals surface area contributed by atoms with E-state index in [2.05, 4.69) is 5.32 Å². The molecule has 0 radical (unpaired) electrons. The fraction of sp³-hybridized carbons (Fsp3) is 0.235. The van der Waals surface area contributed by atoms with Crippen LogP contribution in [-0.4, -0.2) is 11.0 Å². The lowest BCUT2D eigenvalue weighted by atomic mass is 10.1. The third kappa shape index (κ3) is 4.52. The minimum Gasteiger partial charge on any atom is -0.392 e. The molecular formula is C17H19NO2. The van der Waals surface area contributed by atoms with Crippen molar-refractivity contribution in [2.24, 2.45) is 0 Å². The third-order valence-electron chi connectivity index (χ3n) is 3.15. The van der Waals surface area contributed by atoms with Gasteiger partial charge in [0.1, 0.15) is 0 Å². The molecule has 0 aliphatic rings. The predicted octanol–water partition coefficient (Wildman–Crippen LogP) is 2.43. The highest BCUT2D eigenvalue weighted by Gasteiger charge is 2.02. The number of carbonyl (C=O) groups excluding carboxylic acids is 1. The van der Waals surface area contributed by atoms with Gasteiger partial charge in [0.2, 0.25) is 5.91 Å². The average molecular weight is 269 g/mol. The van der Waals surface area contributed by atoms with Gasteiger partial charge in [-0.25, -0.2) is 0 Å². The zero-order valence-corrected chi connectivity index (χ0v) is 11.4. The number of aryl methyl sites for hydroxylation is 1. The normalized spacial score (nSPS) is 10.2. The Morgan fingerprint density at radius 2 is 1.65 bits per heavy atom. The molecule has 0 aliphatic carbocycles. The summed E-state index contributed by atoms with van der Waals surface area (Å²) in [5, 5.41) is 12.0. The van der Waals surface area contributed by atoms with Crippen molar-refractivity contribution in [2.75, 3.05) is 0 Å². The van der Waals surface area contributed by atoms with Crippen molar-refractivity contribution in [1.82, 2.24) is 5.32 Å². The number of carbonyl (C=O) groups is 1. The Bertz CT molecular complexity index is 552. The first kappa shape index (κ1) is 14.3. The summed E-state index contributed by atoms with van der Waals surface area (Å²) in [6.45, 7) is 0.525. The number of benzene rings is 2. The number of aliphatic hydroxyl groups is 1. The Labute approximate surface area is 119 Å². The summed E-state index contributed by atoms with van der Waals surface area (Å²) >= 11 is 0. The maximum absolute atomic E-state index is 11.8. The maximum atomic E-state index is 11.8. The fourth-order valence-corrected chi connectivity index (χ4v) is 2.03. The van der Waals surface area contributed by atoms with Crippen molar-refractivity contribution in [3.63, 3.8) is 0 Å². The lowest BCUT2D eigenvalue weighted by Crippen LogP contribution is -2.23. The highest BCUT2D eigenvalue weighted by molar-refractivity contribution is 5.76. The molecule has 0 atom stereocenters. The molecule has 0 heterocycles. The van der Waals surface area contributed by atoms with Gasteiger partial charge in [-0.2, -0.15) is 0 Å². The van der Waals surface area contributed by atoms with Gasteiger partial charge in [-0.05, 0) is 23.1 Å². The Morgan fingerprint density at radius 1 is 0.950 bits per heavy atom. The van der Waals surface area contributed by atoms with Gasteiger partial charge in [-0.1, -0.05) is 54.6 Å². The minimum atomic E-state index is 0.0236. The van der Waals surface area contributed by atoms with E-state index in [0.717, 1.165) is 17.5 Å². The number of aliphatic hydroxyl groups excluding tert-OH is 1. The lowest BCUT2D eigenvalue weighted by molar-refractivity contribution is -0.121. The van der Waals surface area contributed by atoms with Crippen LogP contribution in [0.1, 0.15) is 23.1 Å². The number of amides is 1. The van der Waals surface area contributed by atoms with Gasteiger partial charge in [0.05, 0.1) is 6.61 Å². The summed E-state index contributed by atoms with van der Waals surface area (Å²) in [4.78, 5) is 11.8. The molecule has 2 N–H and O–H groups in total. The highest BCUT2D eigenvalue weighted by atomic mass is 16.3. The molecule has 2 rings (SSSR count). The number of hydrogen-bond acceptors (Lipinski definition) is 2. The van der Waals surface area contributed by atoms with E-state index in [0.29, 0.717) is 13.0 Å². The van der Waals surface area contributed by atoms with Crippen LogP contribution in [0.15, 0.2) is 54.6 Å². The molecule has 3 nitrogen and oxygen atoms in total. The van der Waals surface area contributed by atoms with Crippen molar-refractivity contribution in [3.8, 4) is 0 Å². The summed E-state index contributed by atoms with van der Waals surface area (Å²) in [5.41, 5.74) is 3.04. The average Bonchev–Trinajstić information content (AvgIpc) is 2.52. The largest absolute Gasteiger partial charge is 0.392 e.